The van der Waals surface area contributed by atoms with E-state index < -0.39 is 0 Å². The van der Waals surface area contributed by atoms with Gasteiger partial charge in [-0.15, -0.1) is 11.3 Å². The monoisotopic (exact) mass is 440 g/mol. The molecule has 2 fully saturated rings. The van der Waals surface area contributed by atoms with Crippen molar-refractivity contribution in [2.75, 3.05) is 25.1 Å². The normalized spacial score (nSPS) is 19.0. The lowest BCUT2D eigenvalue weighted by Crippen LogP contribution is -2.59. The van der Waals surface area contributed by atoms with E-state index in [1.165, 1.54) is 24.9 Å². The Hall–Kier alpha value is -2.18. The van der Waals surface area contributed by atoms with Crippen molar-refractivity contribution in [1.82, 2.24) is 5.32 Å². The van der Waals surface area contributed by atoms with E-state index in [1.807, 2.05) is 41.3 Å². The van der Waals surface area contributed by atoms with Crippen LogP contribution in [0.25, 0.3) is 10.4 Å². The highest BCUT2D eigenvalue weighted by atomic mass is 32.1. The van der Waals surface area contributed by atoms with Crippen LogP contribution >= 0.6 is 11.3 Å². The summed E-state index contributed by atoms with van der Waals surface area (Å²) in [6.45, 7) is 3.63. The number of ether oxygens (including phenoxy) is 1. The van der Waals surface area contributed by atoms with E-state index in [9.17, 15) is 9.59 Å². The average molecular weight is 441 g/mol. The molecule has 1 amide bonds. The number of thiophene rings is 1. The Morgan fingerprint density at radius 2 is 1.77 bits per heavy atom. The first-order valence-corrected chi connectivity index (χ1v) is 12.2. The number of hydrogen-bond acceptors (Lipinski definition) is 5. The number of amides is 1. The van der Waals surface area contributed by atoms with Crippen LogP contribution in [0.4, 0.5) is 5.69 Å². The van der Waals surface area contributed by atoms with E-state index >= 15 is 0 Å². The van der Waals surface area contributed by atoms with Crippen LogP contribution in [0.2, 0.25) is 0 Å². The minimum atomic E-state index is -0.371. The van der Waals surface area contributed by atoms with Crippen LogP contribution < -0.4 is 10.2 Å². The van der Waals surface area contributed by atoms with Crippen molar-refractivity contribution in [1.29, 1.82) is 0 Å². The van der Waals surface area contributed by atoms with Crippen molar-refractivity contribution >= 4 is 28.9 Å². The van der Waals surface area contributed by atoms with Crippen LogP contribution in [0.5, 0.6) is 0 Å². The molecule has 0 spiro atoms. The minimum absolute atomic E-state index is 0.0167. The van der Waals surface area contributed by atoms with Crippen molar-refractivity contribution in [3.8, 4) is 10.4 Å². The number of anilines is 1. The van der Waals surface area contributed by atoms with Crippen LogP contribution in [0.1, 0.15) is 61.5 Å². The van der Waals surface area contributed by atoms with Gasteiger partial charge in [0.25, 0.3) is 0 Å². The number of carbonyl (C=O) groups excluding carboxylic acids is 2. The number of methoxy groups -OCH3 is 1. The molecule has 1 aliphatic heterocycles. The number of nitrogens with one attached hydrogen (secondary N) is 1. The van der Waals surface area contributed by atoms with Crippen molar-refractivity contribution in [3.05, 3.63) is 41.3 Å². The van der Waals surface area contributed by atoms with Crippen LogP contribution in [-0.4, -0.2) is 37.6 Å². The predicted octanol–water partition coefficient (Wildman–Crippen LogP) is 5.26. The minimum Gasteiger partial charge on any atom is -0.465 e. The molecule has 1 saturated carbocycles. The van der Waals surface area contributed by atoms with E-state index in [1.54, 1.807) is 6.92 Å². The van der Waals surface area contributed by atoms with E-state index in [0.29, 0.717) is 10.8 Å². The Morgan fingerprint density at radius 3 is 2.39 bits per heavy atom. The first-order valence-electron chi connectivity index (χ1n) is 11.4. The number of rotatable bonds is 5. The smallest absolute Gasteiger partial charge is 0.350 e. The molecule has 1 aromatic heterocycles. The summed E-state index contributed by atoms with van der Waals surface area (Å²) in [5.41, 5.74) is 1.54. The molecular formula is C25H32N2O3S. The maximum atomic E-state index is 13.3. The lowest BCUT2D eigenvalue weighted by atomic mass is 9.68. The molecule has 0 unspecified atom stereocenters. The Kier molecular flexibility index (Phi) is 6.77. The molecule has 1 aliphatic carbocycles. The highest BCUT2D eigenvalue weighted by Gasteiger charge is 2.48. The first-order chi connectivity index (χ1) is 15.1. The van der Waals surface area contributed by atoms with Gasteiger partial charge in [-0.3, -0.25) is 4.79 Å². The quantitative estimate of drug-likeness (QED) is 0.645. The summed E-state index contributed by atoms with van der Waals surface area (Å²) in [5.74, 6) is 0.0798. The van der Waals surface area contributed by atoms with Gasteiger partial charge in [-0.2, -0.15) is 0 Å². The predicted molar refractivity (Wildman–Crippen MR) is 126 cm³/mol. The van der Waals surface area contributed by atoms with Gasteiger partial charge in [-0.05, 0) is 56.3 Å². The van der Waals surface area contributed by atoms with Gasteiger partial charge in [0.15, 0.2) is 0 Å². The molecule has 0 radical (unpaired) electrons. The molecule has 166 valence electrons. The van der Waals surface area contributed by atoms with Crippen LogP contribution in [0.3, 0.4) is 0 Å². The SMILES string of the molecule is COC(=O)c1sc(-c2ccccc2)cc1N(C(C)=O)C1(C2CCNCC2)CCCCC1. The maximum Gasteiger partial charge on any atom is 0.350 e. The number of esters is 1. The zero-order chi connectivity index (χ0) is 21.8. The Balaban J connectivity index is 1.85. The highest BCUT2D eigenvalue weighted by Crippen LogP contribution is 2.48. The third kappa shape index (κ3) is 4.28. The van der Waals surface area contributed by atoms with Crippen LogP contribution in [0, 0.1) is 5.92 Å². The van der Waals surface area contributed by atoms with Gasteiger partial charge in [0.05, 0.1) is 18.3 Å². The molecule has 31 heavy (non-hydrogen) atoms. The number of benzene rings is 1. The van der Waals surface area contributed by atoms with Gasteiger partial charge in [0.2, 0.25) is 5.91 Å². The maximum absolute atomic E-state index is 13.3. The summed E-state index contributed by atoms with van der Waals surface area (Å²) in [7, 11) is 1.41. The van der Waals surface area contributed by atoms with E-state index in [4.69, 9.17) is 4.74 Å². The van der Waals surface area contributed by atoms with Crippen molar-refractivity contribution in [2.45, 2.75) is 57.4 Å². The standard InChI is InChI=1S/C25H32N2O3S/c1-18(28)27(25(13-7-4-8-14-25)20-11-15-26-16-12-20)21-17-22(19-9-5-3-6-10-19)31-23(21)24(29)30-2/h3,5-6,9-10,17,20,26H,4,7-8,11-16H2,1-2H3. The lowest BCUT2D eigenvalue weighted by Gasteiger charge is -2.52. The average Bonchev–Trinajstić information content (AvgIpc) is 3.25. The Bertz CT molecular complexity index is 912. The lowest BCUT2D eigenvalue weighted by molar-refractivity contribution is -0.118. The molecule has 1 N–H and O–H groups in total. The molecule has 1 aromatic carbocycles. The Morgan fingerprint density at radius 1 is 1.10 bits per heavy atom. The molecular weight excluding hydrogens is 408 g/mol. The molecule has 2 aliphatic rings. The summed E-state index contributed by atoms with van der Waals surface area (Å²) < 4.78 is 5.15. The molecule has 0 atom stereocenters. The number of hydrogen-bond donors (Lipinski definition) is 1. The number of piperidine rings is 1. The van der Waals surface area contributed by atoms with Gasteiger partial charge in [0.1, 0.15) is 4.88 Å². The van der Waals surface area contributed by atoms with Gasteiger partial charge in [-0.1, -0.05) is 49.6 Å². The van der Waals surface area contributed by atoms with Gasteiger partial charge in [0, 0.05) is 11.8 Å². The zero-order valence-electron chi connectivity index (χ0n) is 18.5. The fraction of sp³-hybridized carbons (Fsp3) is 0.520. The molecule has 2 heterocycles. The number of carbonyl (C=O) groups is 2. The third-order valence-electron chi connectivity index (χ3n) is 6.96. The second-order valence-electron chi connectivity index (χ2n) is 8.73. The molecule has 6 heteroatoms. The molecule has 0 bridgehead atoms. The fourth-order valence-electron chi connectivity index (χ4n) is 5.59. The fourth-order valence-corrected chi connectivity index (χ4v) is 6.66. The topological polar surface area (TPSA) is 58.6 Å². The molecule has 2 aromatic rings. The van der Waals surface area contributed by atoms with Crippen molar-refractivity contribution in [2.24, 2.45) is 5.92 Å². The molecule has 5 nitrogen and oxygen atoms in total. The number of nitrogens with zero attached hydrogens (tertiary/aromatic N) is 1. The van der Waals surface area contributed by atoms with E-state index in [2.05, 4.69) is 5.32 Å². The van der Waals surface area contributed by atoms with Crippen molar-refractivity contribution < 1.29 is 14.3 Å². The summed E-state index contributed by atoms with van der Waals surface area (Å²) in [5, 5.41) is 3.47. The van der Waals surface area contributed by atoms with E-state index in [-0.39, 0.29) is 17.4 Å². The second kappa shape index (κ2) is 9.53. The largest absolute Gasteiger partial charge is 0.465 e. The zero-order valence-corrected chi connectivity index (χ0v) is 19.3. The summed E-state index contributed by atoms with van der Waals surface area (Å²) in [6, 6.07) is 12.1. The van der Waals surface area contributed by atoms with Gasteiger partial charge in [-0.25, -0.2) is 4.79 Å². The van der Waals surface area contributed by atoms with E-state index in [0.717, 1.165) is 67.7 Å². The first kappa shape index (κ1) is 22.0. The summed E-state index contributed by atoms with van der Waals surface area (Å²) in [4.78, 5) is 29.6. The van der Waals surface area contributed by atoms with Crippen LogP contribution in [-0.2, 0) is 9.53 Å². The second-order valence-corrected chi connectivity index (χ2v) is 9.78. The molecule has 1 saturated heterocycles. The Labute approximate surface area is 188 Å². The summed E-state index contributed by atoms with van der Waals surface area (Å²) in [6.07, 6.45) is 7.57. The molecule has 4 rings (SSSR count). The van der Waals surface area contributed by atoms with Crippen molar-refractivity contribution in [3.63, 3.8) is 0 Å². The van der Waals surface area contributed by atoms with Gasteiger partial charge < -0.3 is 15.0 Å². The van der Waals surface area contributed by atoms with Crippen LogP contribution in [0.15, 0.2) is 36.4 Å². The third-order valence-corrected chi connectivity index (χ3v) is 8.11. The van der Waals surface area contributed by atoms with Gasteiger partial charge >= 0.3 is 5.97 Å². The highest BCUT2D eigenvalue weighted by molar-refractivity contribution is 7.18. The summed E-state index contributed by atoms with van der Waals surface area (Å²) >= 11 is 1.42.